The third-order valence-corrected chi connectivity index (χ3v) is 8.69. The van der Waals surface area contributed by atoms with Crippen molar-refractivity contribution in [3.8, 4) is 5.75 Å². The molecular weight excluding hydrogens is 509 g/mol. The minimum atomic E-state index is -1.000. The third kappa shape index (κ3) is 6.69. The second kappa shape index (κ2) is 13.6. The molecule has 1 aromatic carbocycles. The summed E-state index contributed by atoms with van der Waals surface area (Å²) in [7, 11) is -1.000. The number of aromatic hydroxyl groups is 1. The number of aliphatic carboxylic acids is 1. The molecule has 0 unspecified atom stereocenters. The number of allylic oxidation sites excluding steroid dienone is 2. The topological polar surface area (TPSA) is 124 Å². The highest BCUT2D eigenvalue weighted by molar-refractivity contribution is 6.43. The van der Waals surface area contributed by atoms with E-state index in [1.165, 1.54) is 10.5 Å². The molecular formula is C31H42BNO7. The molecule has 2 fully saturated rings. The minimum Gasteiger partial charge on any atom is -0.507 e. The first-order chi connectivity index (χ1) is 19.2. The van der Waals surface area contributed by atoms with Crippen LogP contribution < -0.4 is 0 Å². The number of carbonyl (C=O) groups excluding carboxylic acids is 2. The van der Waals surface area contributed by atoms with Gasteiger partial charge in [0.15, 0.2) is 0 Å². The Hall–Kier alpha value is -2.91. The number of nitrogens with zero attached hydrogens (tertiary/aromatic N) is 1. The molecule has 216 valence electrons. The molecule has 2 heterocycles. The van der Waals surface area contributed by atoms with Gasteiger partial charge in [0.2, 0.25) is 11.8 Å². The van der Waals surface area contributed by atoms with E-state index in [0.717, 1.165) is 42.4 Å². The first kappa shape index (κ1) is 30.1. The molecule has 2 aliphatic heterocycles. The Labute approximate surface area is 237 Å². The van der Waals surface area contributed by atoms with Gasteiger partial charge in [0, 0.05) is 18.5 Å². The normalized spacial score (nSPS) is 24.9. The zero-order valence-electron chi connectivity index (χ0n) is 23.7. The van der Waals surface area contributed by atoms with E-state index in [4.69, 9.17) is 9.76 Å². The van der Waals surface area contributed by atoms with Crippen LogP contribution in [-0.2, 0) is 19.0 Å². The van der Waals surface area contributed by atoms with E-state index < -0.39 is 24.9 Å². The van der Waals surface area contributed by atoms with Crippen molar-refractivity contribution in [1.82, 2.24) is 4.90 Å². The van der Waals surface area contributed by atoms with Crippen molar-refractivity contribution in [3.05, 3.63) is 46.5 Å². The second-order valence-electron chi connectivity index (χ2n) is 11.4. The lowest BCUT2D eigenvalue weighted by molar-refractivity contribution is -0.141. The fraction of sp³-hybridized carbons (Fsp3) is 0.581. The van der Waals surface area contributed by atoms with Crippen molar-refractivity contribution in [3.63, 3.8) is 0 Å². The number of phenols is 1. The number of fused-ring (bicyclic) bond motifs is 3. The predicted molar refractivity (Wildman–Crippen MR) is 153 cm³/mol. The molecule has 0 saturated carbocycles. The molecule has 0 aromatic heterocycles. The number of phenolic OH excluding ortho intramolecular Hbond substituents is 1. The standard InChI is InChI=1S/C31H42BNO7/c1-3-10-20(17-22-11-7-8-12-25(22)34)14-15-26-28-21(4-2)18-23-29(24(28)19-32(39)40-26)31(38)33(30(23)37)16-9-5-6-13-27(35)36/h7-8,11-12,17,23-24,26,29,34,39H,3-6,9-10,13-16,18-19H2,1-2H3,(H,35,36)/b20-17+/t23-,24+,26-,29-/m1/s1. The Bertz CT molecular complexity index is 1160. The van der Waals surface area contributed by atoms with Crippen molar-refractivity contribution in [2.75, 3.05) is 6.54 Å². The lowest BCUT2D eigenvalue weighted by Crippen LogP contribution is -2.46. The summed E-state index contributed by atoms with van der Waals surface area (Å²) >= 11 is 0. The molecule has 2 amide bonds. The Balaban J connectivity index is 1.51. The molecule has 4 rings (SSSR count). The summed E-state index contributed by atoms with van der Waals surface area (Å²) in [6.45, 7) is 4.51. The van der Waals surface area contributed by atoms with Gasteiger partial charge in [0.1, 0.15) is 5.75 Å². The number of carboxylic acids is 1. The van der Waals surface area contributed by atoms with Crippen molar-refractivity contribution in [2.45, 2.75) is 90.5 Å². The summed E-state index contributed by atoms with van der Waals surface area (Å²) in [5, 5.41) is 29.9. The number of likely N-dealkylation sites (tertiary alicyclic amines) is 1. The van der Waals surface area contributed by atoms with Crippen LogP contribution in [0.4, 0.5) is 0 Å². The quantitative estimate of drug-likeness (QED) is 0.133. The number of imide groups is 1. The van der Waals surface area contributed by atoms with Crippen LogP contribution in [0.25, 0.3) is 6.08 Å². The van der Waals surface area contributed by atoms with Crippen LogP contribution >= 0.6 is 0 Å². The highest BCUT2D eigenvalue weighted by atomic mass is 16.5. The average Bonchev–Trinajstić information content (AvgIpc) is 3.16. The maximum Gasteiger partial charge on any atom is 0.455 e. The predicted octanol–water partition coefficient (Wildman–Crippen LogP) is 5.21. The molecule has 1 aliphatic carbocycles. The number of carbonyl (C=O) groups is 3. The summed E-state index contributed by atoms with van der Waals surface area (Å²) in [6.07, 6.45) is 8.39. The van der Waals surface area contributed by atoms with Crippen molar-refractivity contribution in [1.29, 1.82) is 0 Å². The van der Waals surface area contributed by atoms with Crippen LogP contribution in [-0.4, -0.2) is 57.7 Å². The molecule has 3 N–H and O–H groups in total. The molecule has 0 spiro atoms. The Morgan fingerprint density at radius 3 is 2.55 bits per heavy atom. The van der Waals surface area contributed by atoms with E-state index in [9.17, 15) is 24.5 Å². The van der Waals surface area contributed by atoms with Crippen LogP contribution in [0.5, 0.6) is 5.75 Å². The molecule has 2 saturated heterocycles. The Morgan fingerprint density at radius 2 is 1.85 bits per heavy atom. The van der Waals surface area contributed by atoms with E-state index in [2.05, 4.69) is 13.8 Å². The summed E-state index contributed by atoms with van der Waals surface area (Å²) in [5.74, 6) is -2.01. The van der Waals surface area contributed by atoms with Gasteiger partial charge in [-0.1, -0.05) is 62.1 Å². The number of carboxylic acid groups (broad SMARTS) is 1. The second-order valence-corrected chi connectivity index (χ2v) is 11.4. The van der Waals surface area contributed by atoms with E-state index in [-0.39, 0.29) is 36.0 Å². The summed E-state index contributed by atoms with van der Waals surface area (Å²) in [6, 6.07) is 7.27. The fourth-order valence-corrected chi connectivity index (χ4v) is 6.85. The number of hydrogen-bond acceptors (Lipinski definition) is 6. The van der Waals surface area contributed by atoms with Crippen LogP contribution in [0.3, 0.4) is 0 Å². The van der Waals surface area contributed by atoms with Gasteiger partial charge in [-0.15, -0.1) is 0 Å². The monoisotopic (exact) mass is 551 g/mol. The zero-order valence-corrected chi connectivity index (χ0v) is 23.7. The molecule has 40 heavy (non-hydrogen) atoms. The lowest BCUT2D eigenvalue weighted by Gasteiger charge is -2.43. The maximum atomic E-state index is 13.6. The molecule has 3 aliphatic rings. The number of unbranched alkanes of at least 4 members (excludes halogenated alkanes) is 2. The lowest BCUT2D eigenvalue weighted by atomic mass is 9.58. The highest BCUT2D eigenvalue weighted by Gasteiger charge is 2.56. The van der Waals surface area contributed by atoms with Gasteiger partial charge in [-0.25, -0.2) is 0 Å². The molecule has 1 aromatic rings. The molecule has 0 bridgehead atoms. The van der Waals surface area contributed by atoms with Crippen LogP contribution in [0, 0.1) is 17.8 Å². The number of hydrogen-bond donors (Lipinski definition) is 3. The first-order valence-electron chi connectivity index (χ1n) is 14.8. The molecule has 9 heteroatoms. The molecule has 4 atom stereocenters. The maximum absolute atomic E-state index is 13.6. The highest BCUT2D eigenvalue weighted by Crippen LogP contribution is 2.51. The van der Waals surface area contributed by atoms with Gasteiger partial charge in [-0.2, -0.15) is 0 Å². The summed E-state index contributed by atoms with van der Waals surface area (Å²) < 4.78 is 6.10. The van der Waals surface area contributed by atoms with E-state index in [0.29, 0.717) is 45.0 Å². The SMILES string of the molecule is CCC/C(=C\c1ccccc1O)CC[C@H]1OB(O)C[C@H]2C1=C(CC)C[C@H]1C(=O)N(CCCCCC(=O)O)C(=O)[C@H]12. The smallest absolute Gasteiger partial charge is 0.455 e. The van der Waals surface area contributed by atoms with Crippen molar-refractivity contribution in [2.24, 2.45) is 17.8 Å². The number of amides is 2. The van der Waals surface area contributed by atoms with Crippen LogP contribution in [0.1, 0.15) is 83.6 Å². The van der Waals surface area contributed by atoms with E-state index in [1.54, 1.807) is 12.1 Å². The Kier molecular flexibility index (Phi) is 10.2. The van der Waals surface area contributed by atoms with Gasteiger partial charge in [0.25, 0.3) is 0 Å². The number of para-hydroxylation sites is 1. The summed E-state index contributed by atoms with van der Waals surface area (Å²) in [4.78, 5) is 39.2. The van der Waals surface area contributed by atoms with Crippen molar-refractivity contribution >= 4 is 31.0 Å². The van der Waals surface area contributed by atoms with Gasteiger partial charge >= 0.3 is 13.1 Å². The minimum absolute atomic E-state index is 0.0866. The average molecular weight is 551 g/mol. The van der Waals surface area contributed by atoms with Crippen LogP contribution in [0.2, 0.25) is 6.32 Å². The van der Waals surface area contributed by atoms with E-state index in [1.807, 2.05) is 18.2 Å². The number of benzene rings is 1. The van der Waals surface area contributed by atoms with Gasteiger partial charge in [-0.3, -0.25) is 19.3 Å². The van der Waals surface area contributed by atoms with Gasteiger partial charge < -0.3 is 19.9 Å². The van der Waals surface area contributed by atoms with Crippen molar-refractivity contribution < 1.29 is 34.3 Å². The van der Waals surface area contributed by atoms with Gasteiger partial charge in [0.05, 0.1) is 17.9 Å². The first-order valence-corrected chi connectivity index (χ1v) is 14.8. The molecule has 0 radical (unpaired) electrons. The Morgan fingerprint density at radius 1 is 1.07 bits per heavy atom. The van der Waals surface area contributed by atoms with E-state index >= 15 is 0 Å². The third-order valence-electron chi connectivity index (χ3n) is 8.69. The number of rotatable bonds is 13. The van der Waals surface area contributed by atoms with Crippen LogP contribution in [0.15, 0.2) is 41.0 Å². The fourth-order valence-electron chi connectivity index (χ4n) is 6.85. The van der Waals surface area contributed by atoms with Gasteiger partial charge in [-0.05, 0) is 68.8 Å². The zero-order chi connectivity index (χ0) is 28.8. The largest absolute Gasteiger partial charge is 0.507 e. The molecule has 8 nitrogen and oxygen atoms in total. The summed E-state index contributed by atoms with van der Waals surface area (Å²) in [5.41, 5.74) is 4.23.